The van der Waals surface area contributed by atoms with Gasteiger partial charge < -0.3 is 14.8 Å². The average Bonchev–Trinajstić information content (AvgIpc) is 3.18. The van der Waals surface area contributed by atoms with Gasteiger partial charge in [-0.3, -0.25) is 10.1 Å². The number of anilines is 1. The van der Waals surface area contributed by atoms with Gasteiger partial charge in [0.05, 0.1) is 0 Å². The third-order valence-electron chi connectivity index (χ3n) is 4.16. The number of thiocarbonyl (C=S) groups is 1. The second-order valence-electron chi connectivity index (χ2n) is 6.12. The maximum atomic E-state index is 12.3. The second-order valence-corrected chi connectivity index (χ2v) is 7.38. The summed E-state index contributed by atoms with van der Waals surface area (Å²) < 4.78 is 6.00. The normalized spacial score (nSPS) is 10.4. The molecule has 0 fully saturated rings. The molecule has 0 aliphatic heterocycles. The first-order chi connectivity index (χ1) is 13.9. The maximum Gasteiger partial charge on any atom is 0.371 e. The van der Waals surface area contributed by atoms with Crippen LogP contribution in [0.2, 0.25) is 0 Å². The quantitative estimate of drug-likeness (QED) is 0.447. The van der Waals surface area contributed by atoms with Crippen molar-refractivity contribution in [2.75, 3.05) is 5.32 Å². The molecule has 0 bridgehead atoms. The van der Waals surface area contributed by atoms with Gasteiger partial charge >= 0.3 is 5.97 Å². The van der Waals surface area contributed by atoms with E-state index < -0.39 is 5.97 Å². The summed E-state index contributed by atoms with van der Waals surface area (Å²) >= 11 is 8.66. The Balaban J connectivity index is 1.66. The molecule has 148 valence electrons. The van der Waals surface area contributed by atoms with Gasteiger partial charge in [-0.15, -0.1) is 0 Å². The number of aryl methyl sites for hydroxylation is 1. The summed E-state index contributed by atoms with van der Waals surface area (Å²) in [6, 6.07) is 15.6. The Hall–Kier alpha value is -2.97. The lowest BCUT2D eigenvalue weighted by atomic mass is 10.1. The molecule has 1 aromatic heterocycles. The third kappa shape index (κ3) is 5.10. The van der Waals surface area contributed by atoms with E-state index in [9.17, 15) is 9.59 Å². The van der Waals surface area contributed by atoms with Gasteiger partial charge in [-0.25, -0.2) is 4.79 Å². The highest BCUT2D eigenvalue weighted by molar-refractivity contribution is 9.10. The number of carbonyl (C=O) groups excluding carboxylic acids is 1. The predicted molar refractivity (Wildman–Crippen MR) is 118 cm³/mol. The van der Waals surface area contributed by atoms with Crippen LogP contribution in [0.5, 0.6) is 0 Å². The Morgan fingerprint density at radius 3 is 2.41 bits per heavy atom. The molecule has 2 aromatic carbocycles. The smallest absolute Gasteiger partial charge is 0.371 e. The van der Waals surface area contributed by atoms with Crippen molar-refractivity contribution < 1.29 is 19.1 Å². The van der Waals surface area contributed by atoms with Crippen molar-refractivity contribution in [1.82, 2.24) is 5.32 Å². The molecular weight excluding hydrogens is 456 g/mol. The van der Waals surface area contributed by atoms with E-state index in [1.807, 2.05) is 12.1 Å². The largest absolute Gasteiger partial charge is 0.475 e. The summed E-state index contributed by atoms with van der Waals surface area (Å²) in [5.74, 6) is -1.13. The van der Waals surface area contributed by atoms with Crippen molar-refractivity contribution >= 4 is 50.8 Å². The molecule has 0 atom stereocenters. The molecule has 0 saturated carbocycles. The SMILES string of the molecule is CCc1ccc(C(=O)NC(=S)Nc2ccc(-c3ccc(C(=O)O)o3)c(Br)c2)cc1. The van der Waals surface area contributed by atoms with E-state index in [1.54, 1.807) is 36.4 Å². The van der Waals surface area contributed by atoms with Crippen LogP contribution in [-0.2, 0) is 6.42 Å². The average molecular weight is 473 g/mol. The number of benzene rings is 2. The molecular formula is C21H17BrN2O4S. The van der Waals surface area contributed by atoms with Crippen LogP contribution in [0.25, 0.3) is 11.3 Å². The lowest BCUT2D eigenvalue weighted by Crippen LogP contribution is -2.34. The van der Waals surface area contributed by atoms with Gasteiger partial charge in [-0.1, -0.05) is 19.1 Å². The van der Waals surface area contributed by atoms with Gasteiger partial charge in [-0.05, 0) is 82.6 Å². The van der Waals surface area contributed by atoms with E-state index in [2.05, 4.69) is 33.5 Å². The van der Waals surface area contributed by atoms with Crippen LogP contribution in [-0.4, -0.2) is 22.1 Å². The number of carboxylic acids is 1. The van der Waals surface area contributed by atoms with Gasteiger partial charge in [0.1, 0.15) is 5.76 Å². The Morgan fingerprint density at radius 2 is 1.83 bits per heavy atom. The van der Waals surface area contributed by atoms with Gasteiger partial charge in [0.25, 0.3) is 5.91 Å². The minimum Gasteiger partial charge on any atom is -0.475 e. The fourth-order valence-corrected chi connectivity index (χ4v) is 3.40. The number of furan rings is 1. The maximum absolute atomic E-state index is 12.3. The molecule has 29 heavy (non-hydrogen) atoms. The van der Waals surface area contributed by atoms with Gasteiger partial charge in [0.15, 0.2) is 5.11 Å². The van der Waals surface area contributed by atoms with Gasteiger partial charge in [0, 0.05) is 21.3 Å². The fraction of sp³-hybridized carbons (Fsp3) is 0.0952. The van der Waals surface area contributed by atoms with E-state index in [1.165, 1.54) is 6.07 Å². The Labute approximate surface area is 181 Å². The molecule has 3 N–H and O–H groups in total. The van der Waals surface area contributed by atoms with Crippen molar-refractivity contribution in [3.05, 3.63) is 76.0 Å². The highest BCUT2D eigenvalue weighted by atomic mass is 79.9. The Morgan fingerprint density at radius 1 is 1.10 bits per heavy atom. The van der Waals surface area contributed by atoms with Crippen LogP contribution >= 0.6 is 28.1 Å². The van der Waals surface area contributed by atoms with Crippen LogP contribution in [0.4, 0.5) is 5.69 Å². The highest BCUT2D eigenvalue weighted by Gasteiger charge is 2.14. The molecule has 0 aliphatic rings. The molecule has 0 spiro atoms. The number of rotatable bonds is 5. The Bertz CT molecular complexity index is 1080. The molecule has 1 amide bonds. The van der Waals surface area contributed by atoms with E-state index in [4.69, 9.17) is 21.7 Å². The number of aromatic carboxylic acids is 1. The predicted octanol–water partition coefficient (Wildman–Crippen LogP) is 5.10. The molecule has 0 aliphatic carbocycles. The van der Waals surface area contributed by atoms with E-state index in [-0.39, 0.29) is 16.8 Å². The minimum atomic E-state index is -1.13. The Kier molecular flexibility index (Phi) is 6.46. The number of hydrogen-bond donors (Lipinski definition) is 3. The zero-order valence-corrected chi connectivity index (χ0v) is 17.8. The van der Waals surface area contributed by atoms with Crippen LogP contribution in [0.3, 0.4) is 0 Å². The number of amides is 1. The molecule has 8 heteroatoms. The number of carboxylic acid groups (broad SMARTS) is 1. The van der Waals surface area contributed by atoms with Crippen molar-refractivity contribution in [2.24, 2.45) is 0 Å². The first-order valence-corrected chi connectivity index (χ1v) is 9.92. The summed E-state index contributed by atoms with van der Waals surface area (Å²) in [6.07, 6.45) is 0.905. The molecule has 6 nitrogen and oxygen atoms in total. The van der Waals surface area contributed by atoms with Gasteiger partial charge in [-0.2, -0.15) is 0 Å². The molecule has 0 saturated heterocycles. The van der Waals surface area contributed by atoms with Crippen molar-refractivity contribution in [3.8, 4) is 11.3 Å². The first-order valence-electron chi connectivity index (χ1n) is 8.71. The zero-order valence-electron chi connectivity index (χ0n) is 15.4. The standard InChI is InChI=1S/C21H17BrN2O4S/c1-2-12-3-5-13(6-4-12)19(25)24-21(29)23-14-7-8-15(16(22)11-14)17-9-10-18(28-17)20(26)27/h3-11H,2H2,1H3,(H,26,27)(H2,23,24,25,29). The molecule has 1 heterocycles. The third-order valence-corrected chi connectivity index (χ3v) is 5.02. The lowest BCUT2D eigenvalue weighted by Gasteiger charge is -2.11. The van der Waals surface area contributed by atoms with Crippen molar-refractivity contribution in [2.45, 2.75) is 13.3 Å². The highest BCUT2D eigenvalue weighted by Crippen LogP contribution is 2.32. The monoisotopic (exact) mass is 472 g/mol. The van der Waals surface area contributed by atoms with E-state index >= 15 is 0 Å². The topological polar surface area (TPSA) is 91.6 Å². The molecule has 3 aromatic rings. The lowest BCUT2D eigenvalue weighted by molar-refractivity contribution is 0.0663. The minimum absolute atomic E-state index is 0.134. The summed E-state index contributed by atoms with van der Waals surface area (Å²) in [6.45, 7) is 2.05. The molecule has 0 radical (unpaired) electrons. The summed E-state index contributed by atoms with van der Waals surface area (Å²) in [7, 11) is 0. The molecule has 0 unspecified atom stereocenters. The number of halogens is 1. The van der Waals surface area contributed by atoms with Crippen LogP contribution < -0.4 is 10.6 Å². The number of nitrogens with one attached hydrogen (secondary N) is 2. The van der Waals surface area contributed by atoms with Crippen molar-refractivity contribution in [1.29, 1.82) is 0 Å². The van der Waals surface area contributed by atoms with Crippen LogP contribution in [0, 0.1) is 0 Å². The number of carbonyl (C=O) groups is 2. The first kappa shape index (κ1) is 20.8. The summed E-state index contributed by atoms with van der Waals surface area (Å²) in [4.78, 5) is 23.3. The number of hydrogen-bond acceptors (Lipinski definition) is 4. The second kappa shape index (κ2) is 9.02. The van der Waals surface area contributed by atoms with Crippen LogP contribution in [0.15, 0.2) is 63.5 Å². The van der Waals surface area contributed by atoms with Crippen molar-refractivity contribution in [3.63, 3.8) is 0 Å². The summed E-state index contributed by atoms with van der Waals surface area (Å²) in [5.41, 5.74) is 3.01. The van der Waals surface area contributed by atoms with E-state index in [0.717, 1.165) is 12.0 Å². The zero-order chi connectivity index (χ0) is 21.0. The van der Waals surface area contributed by atoms with Crippen LogP contribution in [0.1, 0.15) is 33.4 Å². The van der Waals surface area contributed by atoms with Gasteiger partial charge in [0.2, 0.25) is 5.76 Å². The molecule has 3 rings (SSSR count). The van der Waals surface area contributed by atoms with E-state index in [0.29, 0.717) is 27.0 Å². The summed E-state index contributed by atoms with van der Waals surface area (Å²) in [5, 5.41) is 14.7. The fourth-order valence-electron chi connectivity index (χ4n) is 2.62.